The third kappa shape index (κ3) is 3.51. The Morgan fingerprint density at radius 3 is 2.64 bits per heavy atom. The SMILES string of the molecule is O=C(CCc1ccccc1)Nc1nc(C2CC2)c(C(=O)O)s1. The summed E-state index contributed by atoms with van der Waals surface area (Å²) in [7, 11) is 0. The summed E-state index contributed by atoms with van der Waals surface area (Å²) in [6, 6.07) is 9.77. The van der Waals surface area contributed by atoms with Crippen LogP contribution in [0.5, 0.6) is 0 Å². The molecule has 0 unspecified atom stereocenters. The van der Waals surface area contributed by atoms with Gasteiger partial charge in [-0.15, -0.1) is 0 Å². The van der Waals surface area contributed by atoms with Crippen LogP contribution in [-0.4, -0.2) is 22.0 Å². The van der Waals surface area contributed by atoms with Gasteiger partial charge in [-0.3, -0.25) is 4.79 Å². The van der Waals surface area contributed by atoms with Crippen molar-refractivity contribution in [3.8, 4) is 0 Å². The maximum absolute atomic E-state index is 12.0. The lowest BCUT2D eigenvalue weighted by atomic mass is 10.1. The summed E-state index contributed by atoms with van der Waals surface area (Å²) in [5.41, 5.74) is 1.72. The number of aromatic carboxylic acids is 1. The van der Waals surface area contributed by atoms with E-state index in [0.717, 1.165) is 29.7 Å². The third-order valence-corrected chi connectivity index (χ3v) is 4.52. The van der Waals surface area contributed by atoms with Crippen LogP contribution in [0.1, 0.15) is 46.1 Å². The van der Waals surface area contributed by atoms with E-state index in [1.807, 2.05) is 30.3 Å². The molecule has 22 heavy (non-hydrogen) atoms. The Balaban J connectivity index is 1.61. The molecule has 114 valence electrons. The van der Waals surface area contributed by atoms with Crippen LogP contribution < -0.4 is 5.32 Å². The molecule has 1 amide bonds. The normalized spacial score (nSPS) is 13.8. The van der Waals surface area contributed by atoms with Gasteiger partial charge in [0.25, 0.3) is 0 Å². The highest BCUT2D eigenvalue weighted by Gasteiger charge is 2.32. The standard InChI is InChI=1S/C16H16N2O3S/c19-12(9-6-10-4-2-1-3-5-10)17-16-18-13(11-7-8-11)14(22-16)15(20)21/h1-5,11H,6-9H2,(H,20,21)(H,17,18,19). The van der Waals surface area contributed by atoms with Crippen LogP contribution in [0.2, 0.25) is 0 Å². The number of nitrogens with zero attached hydrogens (tertiary/aromatic N) is 1. The number of nitrogens with one attached hydrogen (secondary N) is 1. The zero-order valence-corrected chi connectivity index (χ0v) is 12.7. The number of hydrogen-bond acceptors (Lipinski definition) is 4. The molecule has 1 aliphatic rings. The van der Waals surface area contributed by atoms with Crippen LogP contribution in [-0.2, 0) is 11.2 Å². The second kappa shape index (κ2) is 6.27. The Morgan fingerprint density at radius 2 is 2.00 bits per heavy atom. The first-order valence-corrected chi connectivity index (χ1v) is 8.03. The fourth-order valence-electron chi connectivity index (χ4n) is 2.26. The van der Waals surface area contributed by atoms with Crippen molar-refractivity contribution in [3.63, 3.8) is 0 Å². The second-order valence-corrected chi connectivity index (χ2v) is 6.35. The summed E-state index contributed by atoms with van der Waals surface area (Å²) in [5, 5.41) is 12.3. The minimum absolute atomic E-state index is 0.142. The van der Waals surface area contributed by atoms with Crippen LogP contribution in [0.3, 0.4) is 0 Å². The first-order chi connectivity index (χ1) is 10.6. The highest BCUT2D eigenvalue weighted by Crippen LogP contribution is 2.43. The van der Waals surface area contributed by atoms with Gasteiger partial charge in [0.15, 0.2) is 5.13 Å². The van der Waals surface area contributed by atoms with Gasteiger partial charge in [0.05, 0.1) is 5.69 Å². The molecule has 0 radical (unpaired) electrons. The van der Waals surface area contributed by atoms with Crippen LogP contribution in [0.15, 0.2) is 30.3 Å². The van der Waals surface area contributed by atoms with Gasteiger partial charge in [-0.25, -0.2) is 9.78 Å². The Labute approximate surface area is 132 Å². The lowest BCUT2D eigenvalue weighted by Crippen LogP contribution is -2.12. The molecule has 0 spiro atoms. The molecule has 6 heteroatoms. The van der Waals surface area contributed by atoms with Gasteiger partial charge < -0.3 is 10.4 Å². The van der Waals surface area contributed by atoms with Crippen LogP contribution in [0, 0.1) is 0 Å². The van der Waals surface area contributed by atoms with E-state index in [0.29, 0.717) is 23.7 Å². The minimum Gasteiger partial charge on any atom is -0.477 e. The molecule has 5 nitrogen and oxygen atoms in total. The zero-order valence-electron chi connectivity index (χ0n) is 11.9. The van der Waals surface area contributed by atoms with Gasteiger partial charge in [0.2, 0.25) is 5.91 Å². The molecule has 1 fully saturated rings. The Bertz CT molecular complexity index is 693. The van der Waals surface area contributed by atoms with Gasteiger partial charge in [-0.05, 0) is 24.8 Å². The quantitative estimate of drug-likeness (QED) is 0.857. The van der Waals surface area contributed by atoms with E-state index in [2.05, 4.69) is 10.3 Å². The lowest BCUT2D eigenvalue weighted by Gasteiger charge is -2.02. The monoisotopic (exact) mass is 316 g/mol. The van der Waals surface area contributed by atoms with Crippen molar-refractivity contribution < 1.29 is 14.7 Å². The van der Waals surface area contributed by atoms with E-state index in [1.165, 1.54) is 0 Å². The zero-order chi connectivity index (χ0) is 15.5. The number of carbonyl (C=O) groups excluding carboxylic acids is 1. The summed E-state index contributed by atoms with van der Waals surface area (Å²) in [5.74, 6) is -0.863. The molecule has 2 N–H and O–H groups in total. The van der Waals surface area contributed by atoms with Gasteiger partial charge in [-0.1, -0.05) is 41.7 Å². The van der Waals surface area contributed by atoms with E-state index in [-0.39, 0.29) is 16.7 Å². The molecule has 1 aromatic carbocycles. The van der Waals surface area contributed by atoms with Crippen molar-refractivity contribution in [1.82, 2.24) is 4.98 Å². The van der Waals surface area contributed by atoms with Gasteiger partial charge in [0, 0.05) is 12.3 Å². The predicted octanol–water partition coefficient (Wildman–Crippen LogP) is 3.29. The van der Waals surface area contributed by atoms with E-state index >= 15 is 0 Å². The first kappa shape index (κ1) is 14.7. The summed E-state index contributed by atoms with van der Waals surface area (Å²) < 4.78 is 0. The number of anilines is 1. The van der Waals surface area contributed by atoms with E-state index in [4.69, 9.17) is 0 Å². The van der Waals surface area contributed by atoms with Crippen molar-refractivity contribution >= 4 is 28.3 Å². The highest BCUT2D eigenvalue weighted by molar-refractivity contribution is 7.17. The van der Waals surface area contributed by atoms with E-state index < -0.39 is 5.97 Å². The molecule has 1 saturated carbocycles. The molecule has 0 aliphatic heterocycles. The molecule has 1 aromatic heterocycles. The maximum atomic E-state index is 12.0. The van der Waals surface area contributed by atoms with Crippen molar-refractivity contribution in [2.24, 2.45) is 0 Å². The van der Waals surface area contributed by atoms with Crippen LogP contribution in [0.25, 0.3) is 0 Å². The van der Waals surface area contributed by atoms with Gasteiger partial charge in [0.1, 0.15) is 4.88 Å². The van der Waals surface area contributed by atoms with Gasteiger partial charge >= 0.3 is 5.97 Å². The molecule has 1 aliphatic carbocycles. The third-order valence-electron chi connectivity index (χ3n) is 3.54. The largest absolute Gasteiger partial charge is 0.477 e. The summed E-state index contributed by atoms with van der Waals surface area (Å²) in [4.78, 5) is 27.7. The number of thiazole rings is 1. The van der Waals surface area contributed by atoms with Crippen molar-refractivity contribution in [3.05, 3.63) is 46.5 Å². The fourth-order valence-corrected chi connectivity index (χ4v) is 3.16. The summed E-state index contributed by atoms with van der Waals surface area (Å²) >= 11 is 1.04. The number of carboxylic acids is 1. The second-order valence-electron chi connectivity index (χ2n) is 5.35. The van der Waals surface area contributed by atoms with Crippen molar-refractivity contribution in [2.75, 3.05) is 5.32 Å². The maximum Gasteiger partial charge on any atom is 0.347 e. The average molecular weight is 316 g/mol. The predicted molar refractivity (Wildman–Crippen MR) is 84.4 cm³/mol. The van der Waals surface area contributed by atoms with Crippen molar-refractivity contribution in [1.29, 1.82) is 0 Å². The Kier molecular flexibility index (Phi) is 4.20. The molecule has 1 heterocycles. The summed E-state index contributed by atoms with van der Waals surface area (Å²) in [6.07, 6.45) is 2.96. The molecular weight excluding hydrogens is 300 g/mol. The number of aromatic nitrogens is 1. The molecular formula is C16H16N2O3S. The molecule has 3 rings (SSSR count). The smallest absolute Gasteiger partial charge is 0.347 e. The lowest BCUT2D eigenvalue weighted by molar-refractivity contribution is -0.116. The number of rotatable bonds is 6. The van der Waals surface area contributed by atoms with Gasteiger partial charge in [-0.2, -0.15) is 0 Å². The van der Waals surface area contributed by atoms with E-state index in [1.54, 1.807) is 0 Å². The molecule has 2 aromatic rings. The van der Waals surface area contributed by atoms with Crippen LogP contribution in [0.4, 0.5) is 5.13 Å². The number of carbonyl (C=O) groups is 2. The first-order valence-electron chi connectivity index (χ1n) is 7.21. The fraction of sp³-hybridized carbons (Fsp3) is 0.312. The highest BCUT2D eigenvalue weighted by atomic mass is 32.1. The number of carboxylic acid groups (broad SMARTS) is 1. The molecule has 0 bridgehead atoms. The Morgan fingerprint density at radius 1 is 1.27 bits per heavy atom. The number of aryl methyl sites for hydroxylation is 1. The molecule has 0 atom stereocenters. The van der Waals surface area contributed by atoms with Crippen molar-refractivity contribution in [2.45, 2.75) is 31.6 Å². The number of amides is 1. The topological polar surface area (TPSA) is 79.3 Å². The van der Waals surface area contributed by atoms with Crippen LogP contribution >= 0.6 is 11.3 Å². The number of hydrogen-bond donors (Lipinski definition) is 2. The number of benzene rings is 1. The molecule has 0 saturated heterocycles. The van der Waals surface area contributed by atoms with E-state index in [9.17, 15) is 14.7 Å². The summed E-state index contributed by atoms with van der Waals surface area (Å²) in [6.45, 7) is 0. The minimum atomic E-state index is -0.968. The Hall–Kier alpha value is -2.21. The average Bonchev–Trinajstić information content (AvgIpc) is 3.27.